The summed E-state index contributed by atoms with van der Waals surface area (Å²) in [5.41, 5.74) is 5.81. The van der Waals surface area contributed by atoms with Crippen molar-refractivity contribution in [3.63, 3.8) is 0 Å². The third-order valence-corrected chi connectivity index (χ3v) is 5.35. The van der Waals surface area contributed by atoms with Crippen molar-refractivity contribution in [3.05, 3.63) is 83.6 Å². The number of halogens is 1. The van der Waals surface area contributed by atoms with Gasteiger partial charge in [0.05, 0.1) is 24.7 Å². The average Bonchev–Trinajstić information content (AvgIpc) is 3.43. The normalized spacial score (nSPS) is 11.3. The van der Waals surface area contributed by atoms with E-state index in [1.54, 1.807) is 6.07 Å². The van der Waals surface area contributed by atoms with Crippen LogP contribution in [-0.4, -0.2) is 45.6 Å². The van der Waals surface area contributed by atoms with Gasteiger partial charge in [-0.25, -0.2) is 9.07 Å². The maximum Gasteiger partial charge on any atom is 0.165 e. The smallest absolute Gasteiger partial charge is 0.165 e. The van der Waals surface area contributed by atoms with Gasteiger partial charge < -0.3 is 9.64 Å². The minimum atomic E-state index is -0.398. The number of aryl methyl sites for hydroxylation is 1. The Labute approximate surface area is 181 Å². The van der Waals surface area contributed by atoms with E-state index < -0.39 is 5.82 Å². The fourth-order valence-electron chi connectivity index (χ4n) is 3.63. The molecule has 2 aromatic carbocycles. The molecule has 0 aliphatic carbocycles. The van der Waals surface area contributed by atoms with Gasteiger partial charge >= 0.3 is 0 Å². The number of likely N-dealkylation sites (N-methyl/N-ethyl adjacent to an activating group) is 1. The molecule has 0 bridgehead atoms. The summed E-state index contributed by atoms with van der Waals surface area (Å²) in [4.78, 5) is 2.23. The summed E-state index contributed by atoms with van der Waals surface area (Å²) >= 11 is 0. The number of ether oxygens (including phenoxy) is 1. The maximum atomic E-state index is 14.4. The first-order valence-electron chi connectivity index (χ1n) is 10.2. The van der Waals surface area contributed by atoms with Gasteiger partial charge in [-0.1, -0.05) is 18.2 Å². The van der Waals surface area contributed by atoms with Crippen LogP contribution < -0.4 is 4.74 Å². The second kappa shape index (κ2) is 9.14. The fraction of sp³-hybridized carbons (Fsp3) is 0.250. The molecule has 7 heteroatoms. The first-order chi connectivity index (χ1) is 15.0. The zero-order valence-corrected chi connectivity index (χ0v) is 18.0. The van der Waals surface area contributed by atoms with Gasteiger partial charge in [0.15, 0.2) is 11.6 Å². The number of nitrogens with one attached hydrogen (secondary N) is 1. The molecule has 31 heavy (non-hydrogen) atoms. The summed E-state index contributed by atoms with van der Waals surface area (Å²) in [6, 6.07) is 13.1. The molecular weight excluding hydrogens is 393 g/mol. The van der Waals surface area contributed by atoms with E-state index in [1.165, 1.54) is 18.7 Å². The number of hydrogen-bond donors (Lipinski definition) is 1. The van der Waals surface area contributed by atoms with Gasteiger partial charge in [0, 0.05) is 36.6 Å². The first kappa shape index (κ1) is 20.8. The predicted molar refractivity (Wildman–Crippen MR) is 119 cm³/mol. The molecule has 0 amide bonds. The summed E-state index contributed by atoms with van der Waals surface area (Å²) in [6.07, 6.45) is 6.69. The van der Waals surface area contributed by atoms with E-state index in [9.17, 15) is 4.39 Å². The fourth-order valence-corrected chi connectivity index (χ4v) is 3.63. The van der Waals surface area contributed by atoms with Gasteiger partial charge in [-0.15, -0.1) is 0 Å². The molecule has 0 atom stereocenters. The molecule has 6 nitrogen and oxygen atoms in total. The van der Waals surface area contributed by atoms with E-state index >= 15 is 0 Å². The van der Waals surface area contributed by atoms with Gasteiger partial charge in [-0.05, 0) is 55.8 Å². The van der Waals surface area contributed by atoms with E-state index in [4.69, 9.17) is 9.84 Å². The molecule has 0 aliphatic heterocycles. The Morgan fingerprint density at radius 2 is 2.03 bits per heavy atom. The molecular formula is C24H26FN5O. The van der Waals surface area contributed by atoms with Crippen LogP contribution >= 0.6 is 0 Å². The van der Waals surface area contributed by atoms with Crippen molar-refractivity contribution in [1.82, 2.24) is 24.9 Å². The topological polar surface area (TPSA) is 59.0 Å². The largest absolute Gasteiger partial charge is 0.494 e. The van der Waals surface area contributed by atoms with Gasteiger partial charge in [-0.3, -0.25) is 5.10 Å². The number of rotatable bonds is 8. The van der Waals surface area contributed by atoms with Crippen LogP contribution in [0.1, 0.15) is 16.7 Å². The van der Waals surface area contributed by atoms with Crippen molar-refractivity contribution in [3.8, 4) is 22.7 Å². The van der Waals surface area contributed by atoms with Crippen molar-refractivity contribution in [2.75, 3.05) is 20.7 Å². The molecule has 2 aromatic heterocycles. The van der Waals surface area contributed by atoms with E-state index in [-0.39, 0.29) is 5.75 Å². The molecule has 4 aromatic rings. The summed E-state index contributed by atoms with van der Waals surface area (Å²) in [7, 11) is 3.54. The Morgan fingerprint density at radius 3 is 2.74 bits per heavy atom. The third kappa shape index (κ3) is 4.67. The van der Waals surface area contributed by atoms with E-state index in [1.807, 2.05) is 47.5 Å². The Bertz CT molecular complexity index is 1150. The Morgan fingerprint density at radius 1 is 1.19 bits per heavy atom. The molecule has 0 aliphatic rings. The predicted octanol–water partition coefficient (Wildman–Crippen LogP) is 4.39. The summed E-state index contributed by atoms with van der Waals surface area (Å²) in [5, 5.41) is 11.7. The lowest BCUT2D eigenvalue weighted by Gasteiger charge is -2.16. The van der Waals surface area contributed by atoms with Crippen molar-refractivity contribution >= 4 is 0 Å². The standard InChI is InChI=1S/C24H26FN5O/c1-17-6-4-5-7-22(17)30-16-20(15-29(2)11-10-18-13-26-27-14-18)24(28-30)19-8-9-23(31-3)21(25)12-19/h4-9,12-14,16H,10-11,15H2,1-3H3,(H,26,27). The van der Waals surface area contributed by atoms with Gasteiger partial charge in [0.25, 0.3) is 0 Å². The van der Waals surface area contributed by atoms with Gasteiger partial charge in [-0.2, -0.15) is 10.2 Å². The van der Waals surface area contributed by atoms with Crippen LogP contribution in [0.2, 0.25) is 0 Å². The Kier molecular flexibility index (Phi) is 6.13. The van der Waals surface area contributed by atoms with Crippen LogP contribution in [-0.2, 0) is 13.0 Å². The number of nitrogens with zero attached hydrogens (tertiary/aromatic N) is 4. The van der Waals surface area contributed by atoms with Crippen molar-refractivity contribution in [2.45, 2.75) is 19.9 Å². The number of H-pyrrole nitrogens is 1. The zero-order chi connectivity index (χ0) is 21.8. The molecule has 0 unspecified atom stereocenters. The molecule has 0 saturated heterocycles. The Hall–Kier alpha value is -3.45. The van der Waals surface area contributed by atoms with Crippen LogP contribution in [0, 0.1) is 12.7 Å². The SMILES string of the molecule is COc1ccc(-c2nn(-c3ccccc3C)cc2CN(C)CCc2cn[nH]c2)cc1F. The van der Waals surface area contributed by atoms with Gasteiger partial charge in [0.2, 0.25) is 0 Å². The van der Waals surface area contributed by atoms with Crippen LogP contribution in [0.15, 0.2) is 61.1 Å². The number of hydrogen-bond acceptors (Lipinski definition) is 4. The molecule has 0 fully saturated rings. The van der Waals surface area contributed by atoms with E-state index in [0.29, 0.717) is 6.54 Å². The highest BCUT2D eigenvalue weighted by Gasteiger charge is 2.16. The maximum absolute atomic E-state index is 14.4. The second-order valence-corrected chi connectivity index (χ2v) is 7.68. The first-order valence-corrected chi connectivity index (χ1v) is 10.2. The van der Waals surface area contributed by atoms with E-state index in [0.717, 1.165) is 41.0 Å². The highest BCUT2D eigenvalue weighted by molar-refractivity contribution is 5.64. The lowest BCUT2D eigenvalue weighted by molar-refractivity contribution is 0.331. The molecule has 0 spiro atoms. The lowest BCUT2D eigenvalue weighted by atomic mass is 10.1. The Balaban J connectivity index is 1.66. The number of aromatic nitrogens is 4. The average molecular weight is 420 g/mol. The highest BCUT2D eigenvalue weighted by Crippen LogP contribution is 2.29. The number of methoxy groups -OCH3 is 1. The third-order valence-electron chi connectivity index (χ3n) is 5.35. The number of aromatic amines is 1. The molecule has 0 radical (unpaired) electrons. The minimum absolute atomic E-state index is 0.223. The van der Waals surface area contributed by atoms with Crippen molar-refractivity contribution in [2.24, 2.45) is 0 Å². The monoisotopic (exact) mass is 419 g/mol. The van der Waals surface area contributed by atoms with Crippen LogP contribution in [0.5, 0.6) is 5.75 Å². The van der Waals surface area contributed by atoms with Crippen LogP contribution in [0.4, 0.5) is 4.39 Å². The summed E-state index contributed by atoms with van der Waals surface area (Å²) < 4.78 is 21.4. The minimum Gasteiger partial charge on any atom is -0.494 e. The van der Waals surface area contributed by atoms with E-state index in [2.05, 4.69) is 35.1 Å². The molecule has 160 valence electrons. The molecule has 1 N–H and O–H groups in total. The zero-order valence-electron chi connectivity index (χ0n) is 18.0. The number of para-hydroxylation sites is 1. The van der Waals surface area contributed by atoms with Crippen molar-refractivity contribution in [1.29, 1.82) is 0 Å². The van der Waals surface area contributed by atoms with Crippen molar-refractivity contribution < 1.29 is 9.13 Å². The van der Waals surface area contributed by atoms with Gasteiger partial charge in [0.1, 0.15) is 0 Å². The summed E-state index contributed by atoms with van der Waals surface area (Å²) in [5.74, 6) is -0.175. The molecule has 2 heterocycles. The molecule has 4 rings (SSSR count). The highest BCUT2D eigenvalue weighted by atomic mass is 19.1. The molecule has 0 saturated carbocycles. The second-order valence-electron chi connectivity index (χ2n) is 7.68. The summed E-state index contributed by atoms with van der Waals surface area (Å²) in [6.45, 7) is 3.61. The van der Waals surface area contributed by atoms with Crippen LogP contribution in [0.3, 0.4) is 0 Å². The van der Waals surface area contributed by atoms with Crippen LogP contribution in [0.25, 0.3) is 16.9 Å². The quantitative estimate of drug-likeness (QED) is 0.460. The number of benzene rings is 2. The lowest BCUT2D eigenvalue weighted by Crippen LogP contribution is -2.20.